The highest BCUT2D eigenvalue weighted by atomic mass is 35.5. The highest BCUT2D eigenvalue weighted by molar-refractivity contribution is 6.30. The summed E-state index contributed by atoms with van der Waals surface area (Å²) >= 11 is 5.96. The molecule has 0 saturated carbocycles. The Morgan fingerprint density at radius 1 is 1.23 bits per heavy atom. The summed E-state index contributed by atoms with van der Waals surface area (Å²) in [5, 5.41) is 11.8. The zero-order chi connectivity index (χ0) is 18.1. The van der Waals surface area contributed by atoms with Crippen LogP contribution in [0, 0.1) is 6.92 Å². The SMILES string of the molecule is Cc1ccccc1CNC1CNC(=O)c2cc(-c3ccc(Cl)cc3)nn21. The van der Waals surface area contributed by atoms with E-state index in [0.29, 0.717) is 23.8 Å². The van der Waals surface area contributed by atoms with Crippen molar-refractivity contribution in [2.24, 2.45) is 0 Å². The average Bonchev–Trinajstić information content (AvgIpc) is 3.09. The van der Waals surface area contributed by atoms with Gasteiger partial charge < -0.3 is 5.32 Å². The third-order valence-corrected chi connectivity index (χ3v) is 4.90. The molecular formula is C20H19ClN4O. The Labute approximate surface area is 157 Å². The fourth-order valence-electron chi connectivity index (χ4n) is 3.12. The summed E-state index contributed by atoms with van der Waals surface area (Å²) < 4.78 is 1.78. The number of hydrogen-bond donors (Lipinski definition) is 2. The number of fused-ring (bicyclic) bond motifs is 1. The van der Waals surface area contributed by atoms with Gasteiger partial charge in [-0.2, -0.15) is 5.10 Å². The van der Waals surface area contributed by atoms with Crippen molar-refractivity contribution in [3.63, 3.8) is 0 Å². The van der Waals surface area contributed by atoms with Crippen molar-refractivity contribution in [1.29, 1.82) is 0 Å². The Kier molecular flexibility index (Phi) is 4.49. The van der Waals surface area contributed by atoms with Crippen molar-refractivity contribution in [3.05, 3.63) is 76.4 Å². The molecule has 0 saturated heterocycles. The predicted octanol–water partition coefficient (Wildman–Crippen LogP) is 3.54. The van der Waals surface area contributed by atoms with Gasteiger partial charge in [-0.3, -0.25) is 10.1 Å². The van der Waals surface area contributed by atoms with E-state index in [-0.39, 0.29) is 12.1 Å². The Balaban J connectivity index is 1.60. The largest absolute Gasteiger partial charge is 0.347 e. The van der Waals surface area contributed by atoms with E-state index in [1.807, 2.05) is 42.5 Å². The molecule has 2 heterocycles. The molecule has 1 aromatic heterocycles. The molecule has 5 nitrogen and oxygen atoms in total. The summed E-state index contributed by atoms with van der Waals surface area (Å²) in [6, 6.07) is 17.5. The van der Waals surface area contributed by atoms with Crippen LogP contribution in [0.5, 0.6) is 0 Å². The molecule has 0 spiro atoms. The standard InChI is InChI=1S/C20H19ClN4O/c1-13-4-2-3-5-15(13)11-22-19-12-23-20(26)18-10-17(24-25(18)19)14-6-8-16(21)9-7-14/h2-10,19,22H,11-12H2,1H3,(H,23,26). The smallest absolute Gasteiger partial charge is 0.269 e. The van der Waals surface area contributed by atoms with Gasteiger partial charge in [-0.25, -0.2) is 4.68 Å². The van der Waals surface area contributed by atoms with Crippen LogP contribution in [0.15, 0.2) is 54.6 Å². The maximum Gasteiger partial charge on any atom is 0.269 e. The summed E-state index contributed by atoms with van der Waals surface area (Å²) in [4.78, 5) is 12.2. The van der Waals surface area contributed by atoms with Crippen LogP contribution >= 0.6 is 11.6 Å². The number of amides is 1. The van der Waals surface area contributed by atoms with E-state index >= 15 is 0 Å². The number of carbonyl (C=O) groups is 1. The third kappa shape index (κ3) is 3.23. The lowest BCUT2D eigenvalue weighted by Gasteiger charge is -2.26. The molecule has 1 aliphatic rings. The summed E-state index contributed by atoms with van der Waals surface area (Å²) in [7, 11) is 0. The van der Waals surface area contributed by atoms with Crippen LogP contribution < -0.4 is 10.6 Å². The summed E-state index contributed by atoms with van der Waals surface area (Å²) in [5.74, 6) is -0.105. The lowest BCUT2D eigenvalue weighted by Crippen LogP contribution is -2.45. The fraction of sp³-hybridized carbons (Fsp3) is 0.200. The van der Waals surface area contributed by atoms with Crippen LogP contribution in [-0.2, 0) is 6.54 Å². The van der Waals surface area contributed by atoms with Crippen LogP contribution in [0.3, 0.4) is 0 Å². The third-order valence-electron chi connectivity index (χ3n) is 4.65. The first-order valence-corrected chi connectivity index (χ1v) is 8.91. The van der Waals surface area contributed by atoms with Crippen molar-refractivity contribution >= 4 is 17.5 Å². The number of benzene rings is 2. The monoisotopic (exact) mass is 366 g/mol. The molecule has 2 N–H and O–H groups in total. The van der Waals surface area contributed by atoms with Gasteiger partial charge in [0, 0.05) is 17.1 Å². The summed E-state index contributed by atoms with van der Waals surface area (Å²) in [6.07, 6.45) is -0.0941. The van der Waals surface area contributed by atoms with E-state index in [1.54, 1.807) is 4.68 Å². The van der Waals surface area contributed by atoms with E-state index in [1.165, 1.54) is 11.1 Å². The van der Waals surface area contributed by atoms with Gasteiger partial charge in [-0.05, 0) is 36.2 Å². The summed E-state index contributed by atoms with van der Waals surface area (Å²) in [6.45, 7) is 3.31. The molecular weight excluding hydrogens is 348 g/mol. The van der Waals surface area contributed by atoms with Crippen molar-refractivity contribution in [3.8, 4) is 11.3 Å². The topological polar surface area (TPSA) is 58.9 Å². The average molecular weight is 367 g/mol. The first kappa shape index (κ1) is 16.8. The first-order chi connectivity index (χ1) is 12.6. The normalized spacial score (nSPS) is 16.2. The van der Waals surface area contributed by atoms with Crippen molar-refractivity contribution in [2.75, 3.05) is 6.54 Å². The van der Waals surface area contributed by atoms with E-state index < -0.39 is 0 Å². The number of carbonyl (C=O) groups excluding carboxylic acids is 1. The number of nitrogens with zero attached hydrogens (tertiary/aromatic N) is 2. The molecule has 1 atom stereocenters. The van der Waals surface area contributed by atoms with Gasteiger partial charge in [0.05, 0.1) is 12.2 Å². The van der Waals surface area contributed by atoms with Crippen molar-refractivity contribution < 1.29 is 4.79 Å². The van der Waals surface area contributed by atoms with Crippen molar-refractivity contribution in [2.45, 2.75) is 19.6 Å². The minimum Gasteiger partial charge on any atom is -0.347 e. The number of rotatable bonds is 4. The quantitative estimate of drug-likeness (QED) is 0.742. The van der Waals surface area contributed by atoms with E-state index in [2.05, 4.69) is 34.8 Å². The highest BCUT2D eigenvalue weighted by Gasteiger charge is 2.27. The van der Waals surface area contributed by atoms with Gasteiger partial charge in [-0.1, -0.05) is 48.0 Å². The molecule has 0 bridgehead atoms. The number of hydrogen-bond acceptors (Lipinski definition) is 3. The molecule has 132 valence electrons. The number of aryl methyl sites for hydroxylation is 1. The highest BCUT2D eigenvalue weighted by Crippen LogP contribution is 2.24. The minimum atomic E-state index is -0.105. The Bertz CT molecular complexity index is 949. The van der Waals surface area contributed by atoms with E-state index in [0.717, 1.165) is 11.3 Å². The van der Waals surface area contributed by atoms with E-state index in [4.69, 9.17) is 11.6 Å². The molecule has 0 radical (unpaired) electrons. The molecule has 6 heteroatoms. The van der Waals surface area contributed by atoms with Gasteiger partial charge in [-0.15, -0.1) is 0 Å². The molecule has 4 rings (SSSR count). The number of aromatic nitrogens is 2. The van der Waals surface area contributed by atoms with Gasteiger partial charge in [0.25, 0.3) is 5.91 Å². The summed E-state index contributed by atoms with van der Waals surface area (Å²) in [5.41, 5.74) is 4.72. The molecule has 0 fully saturated rings. The Morgan fingerprint density at radius 2 is 2.00 bits per heavy atom. The predicted molar refractivity (Wildman–Crippen MR) is 102 cm³/mol. The van der Waals surface area contributed by atoms with Crippen molar-refractivity contribution in [1.82, 2.24) is 20.4 Å². The van der Waals surface area contributed by atoms with Crippen LogP contribution in [0.25, 0.3) is 11.3 Å². The fourth-order valence-corrected chi connectivity index (χ4v) is 3.25. The molecule has 26 heavy (non-hydrogen) atoms. The van der Waals surface area contributed by atoms with E-state index in [9.17, 15) is 4.79 Å². The zero-order valence-electron chi connectivity index (χ0n) is 14.4. The lowest BCUT2D eigenvalue weighted by atomic mass is 10.1. The van der Waals surface area contributed by atoms with Gasteiger partial charge in [0.15, 0.2) is 0 Å². The molecule has 1 unspecified atom stereocenters. The van der Waals surface area contributed by atoms with Gasteiger partial charge >= 0.3 is 0 Å². The lowest BCUT2D eigenvalue weighted by molar-refractivity contribution is 0.0900. The maximum atomic E-state index is 12.2. The second-order valence-electron chi connectivity index (χ2n) is 6.40. The maximum absolute atomic E-state index is 12.2. The molecule has 1 aliphatic heterocycles. The molecule has 3 aromatic rings. The Morgan fingerprint density at radius 3 is 2.77 bits per heavy atom. The number of nitrogens with one attached hydrogen (secondary N) is 2. The zero-order valence-corrected chi connectivity index (χ0v) is 15.1. The van der Waals surface area contributed by atoms with Gasteiger partial charge in [0.2, 0.25) is 0 Å². The van der Waals surface area contributed by atoms with Crippen LogP contribution in [0.4, 0.5) is 0 Å². The number of halogens is 1. The van der Waals surface area contributed by atoms with Crippen LogP contribution in [-0.4, -0.2) is 22.2 Å². The van der Waals surface area contributed by atoms with Crippen LogP contribution in [0.1, 0.15) is 27.8 Å². The van der Waals surface area contributed by atoms with Crippen LogP contribution in [0.2, 0.25) is 5.02 Å². The molecule has 0 aliphatic carbocycles. The molecule has 2 aromatic carbocycles. The second kappa shape index (κ2) is 6.94. The Hall–Kier alpha value is -2.63. The van der Waals surface area contributed by atoms with Gasteiger partial charge in [0.1, 0.15) is 11.9 Å². The molecule has 1 amide bonds. The minimum absolute atomic E-state index is 0.0941. The first-order valence-electron chi connectivity index (χ1n) is 8.53. The second-order valence-corrected chi connectivity index (χ2v) is 6.84.